The van der Waals surface area contributed by atoms with Gasteiger partial charge in [0.1, 0.15) is 0 Å². The molecule has 12 nitrogen and oxygen atoms in total. The highest BCUT2D eigenvalue weighted by Crippen LogP contribution is 2.30. The van der Waals surface area contributed by atoms with Gasteiger partial charge in [-0.1, -0.05) is 6.07 Å². The van der Waals surface area contributed by atoms with E-state index in [1.807, 2.05) is 4.72 Å². The molecule has 0 aromatic heterocycles. The molecular formula is C12H8N4O8S. The van der Waals surface area contributed by atoms with E-state index >= 15 is 0 Å². The normalized spacial score (nSPS) is 10.9. The number of rotatable bonds is 6. The molecule has 2 aromatic carbocycles. The minimum atomic E-state index is -4.51. The van der Waals surface area contributed by atoms with Crippen molar-refractivity contribution in [3.8, 4) is 0 Å². The van der Waals surface area contributed by atoms with Gasteiger partial charge in [-0.15, -0.1) is 0 Å². The SMILES string of the molecule is O=[N+]([O-])c1cccc(NS(=O)(=O)c2ccc([N+](=O)[O-])cc2[N+](=O)[O-])c1. The van der Waals surface area contributed by atoms with Crippen molar-refractivity contribution in [3.63, 3.8) is 0 Å². The molecule has 2 aromatic rings. The van der Waals surface area contributed by atoms with Gasteiger partial charge in [-0.3, -0.25) is 35.1 Å². The van der Waals surface area contributed by atoms with Crippen molar-refractivity contribution in [1.29, 1.82) is 0 Å². The van der Waals surface area contributed by atoms with Crippen LogP contribution in [0.25, 0.3) is 0 Å². The minimum Gasteiger partial charge on any atom is -0.279 e. The van der Waals surface area contributed by atoms with Crippen LogP contribution in [0.2, 0.25) is 0 Å². The van der Waals surface area contributed by atoms with Crippen LogP contribution in [-0.2, 0) is 10.0 Å². The van der Waals surface area contributed by atoms with Crippen LogP contribution in [0.1, 0.15) is 0 Å². The Morgan fingerprint density at radius 1 is 0.800 bits per heavy atom. The lowest BCUT2D eigenvalue weighted by Gasteiger charge is -2.08. The summed E-state index contributed by atoms with van der Waals surface area (Å²) in [7, 11) is -4.51. The van der Waals surface area contributed by atoms with Crippen molar-refractivity contribution < 1.29 is 23.2 Å². The summed E-state index contributed by atoms with van der Waals surface area (Å²) in [6.07, 6.45) is 0. The topological polar surface area (TPSA) is 176 Å². The lowest BCUT2D eigenvalue weighted by atomic mass is 10.3. The first kappa shape index (κ1) is 17.7. The van der Waals surface area contributed by atoms with Crippen molar-refractivity contribution in [2.75, 3.05) is 4.72 Å². The third kappa shape index (κ3) is 3.84. The number of hydrogen-bond acceptors (Lipinski definition) is 8. The van der Waals surface area contributed by atoms with Crippen molar-refractivity contribution in [2.45, 2.75) is 4.90 Å². The molecule has 1 N–H and O–H groups in total. The second-order valence-corrected chi connectivity index (χ2v) is 6.23. The van der Waals surface area contributed by atoms with E-state index < -0.39 is 46.8 Å². The van der Waals surface area contributed by atoms with Gasteiger partial charge in [0.25, 0.3) is 27.1 Å². The maximum absolute atomic E-state index is 12.3. The summed E-state index contributed by atoms with van der Waals surface area (Å²) in [6, 6.07) is 6.52. The van der Waals surface area contributed by atoms with Crippen LogP contribution >= 0.6 is 0 Å². The smallest absolute Gasteiger partial charge is 0.279 e. The van der Waals surface area contributed by atoms with Gasteiger partial charge < -0.3 is 0 Å². The van der Waals surface area contributed by atoms with E-state index in [-0.39, 0.29) is 5.69 Å². The Morgan fingerprint density at radius 3 is 1.96 bits per heavy atom. The average Bonchev–Trinajstić information content (AvgIpc) is 2.53. The second-order valence-electron chi connectivity index (χ2n) is 4.58. The van der Waals surface area contributed by atoms with Crippen LogP contribution in [0.15, 0.2) is 47.4 Å². The van der Waals surface area contributed by atoms with E-state index in [2.05, 4.69) is 0 Å². The van der Waals surface area contributed by atoms with Crippen LogP contribution in [-0.4, -0.2) is 23.2 Å². The van der Waals surface area contributed by atoms with E-state index in [0.717, 1.165) is 24.3 Å². The van der Waals surface area contributed by atoms with Gasteiger partial charge in [0.2, 0.25) is 0 Å². The molecule has 0 fully saturated rings. The molecule has 0 atom stereocenters. The first-order valence-electron chi connectivity index (χ1n) is 6.32. The van der Waals surface area contributed by atoms with Gasteiger partial charge in [-0.25, -0.2) is 8.42 Å². The van der Waals surface area contributed by atoms with Crippen LogP contribution < -0.4 is 4.72 Å². The fourth-order valence-electron chi connectivity index (χ4n) is 1.88. The van der Waals surface area contributed by atoms with Crippen molar-refractivity contribution in [3.05, 3.63) is 72.8 Å². The molecule has 0 saturated carbocycles. The monoisotopic (exact) mass is 368 g/mol. The summed E-state index contributed by atoms with van der Waals surface area (Å²) in [5.74, 6) is 0. The van der Waals surface area contributed by atoms with E-state index in [1.165, 1.54) is 12.1 Å². The molecule has 0 saturated heterocycles. The third-order valence-electron chi connectivity index (χ3n) is 2.95. The molecule has 0 unspecified atom stereocenters. The van der Waals surface area contributed by atoms with E-state index in [1.54, 1.807) is 0 Å². The largest absolute Gasteiger partial charge is 0.296 e. The van der Waals surface area contributed by atoms with Gasteiger partial charge in [-0.2, -0.15) is 0 Å². The van der Waals surface area contributed by atoms with Gasteiger partial charge in [0.05, 0.1) is 26.5 Å². The number of hydrogen-bond donors (Lipinski definition) is 1. The summed E-state index contributed by atoms with van der Waals surface area (Å²) < 4.78 is 26.6. The highest BCUT2D eigenvalue weighted by molar-refractivity contribution is 7.92. The van der Waals surface area contributed by atoms with Gasteiger partial charge in [0, 0.05) is 18.2 Å². The molecule has 0 bridgehead atoms. The Labute approximate surface area is 139 Å². The standard InChI is InChI=1S/C12H8N4O8S/c17-14(18)9-3-1-2-8(6-9)13-25(23,24)12-5-4-10(15(19)20)7-11(12)16(21)22/h1-7,13H. The first-order valence-corrected chi connectivity index (χ1v) is 7.80. The highest BCUT2D eigenvalue weighted by Gasteiger charge is 2.29. The van der Waals surface area contributed by atoms with Crippen LogP contribution in [0.3, 0.4) is 0 Å². The highest BCUT2D eigenvalue weighted by atomic mass is 32.2. The number of nitro groups is 3. The predicted octanol–water partition coefficient (Wildman–Crippen LogP) is 2.21. The molecule has 0 spiro atoms. The quantitative estimate of drug-likeness (QED) is 0.596. The predicted molar refractivity (Wildman–Crippen MR) is 83.7 cm³/mol. The molecule has 25 heavy (non-hydrogen) atoms. The lowest BCUT2D eigenvalue weighted by molar-refractivity contribution is -0.396. The third-order valence-corrected chi connectivity index (χ3v) is 4.38. The molecule has 2 rings (SSSR count). The molecular weight excluding hydrogens is 360 g/mol. The van der Waals surface area contributed by atoms with E-state index in [0.29, 0.717) is 6.07 Å². The number of nitrogens with zero attached hydrogens (tertiary/aromatic N) is 3. The number of non-ortho nitro benzene ring substituents is 2. The molecule has 0 aliphatic rings. The zero-order valence-electron chi connectivity index (χ0n) is 12.1. The zero-order chi connectivity index (χ0) is 18.8. The molecule has 0 radical (unpaired) electrons. The molecule has 130 valence electrons. The number of nitrogens with one attached hydrogen (secondary N) is 1. The van der Waals surface area contributed by atoms with Crippen LogP contribution in [0.5, 0.6) is 0 Å². The Bertz CT molecular complexity index is 988. The average molecular weight is 368 g/mol. The van der Waals surface area contributed by atoms with E-state index in [9.17, 15) is 38.8 Å². The Balaban J connectivity index is 2.49. The number of benzene rings is 2. The summed E-state index contributed by atoms with van der Waals surface area (Å²) in [5.41, 5.74) is -2.23. The molecule has 13 heteroatoms. The van der Waals surface area contributed by atoms with Gasteiger partial charge >= 0.3 is 0 Å². The second kappa shape index (κ2) is 6.48. The van der Waals surface area contributed by atoms with Crippen molar-refractivity contribution in [1.82, 2.24) is 0 Å². The Morgan fingerprint density at radius 2 is 1.40 bits per heavy atom. The fraction of sp³-hybridized carbons (Fsp3) is 0. The number of sulfonamides is 1. The maximum Gasteiger partial charge on any atom is 0.296 e. The van der Waals surface area contributed by atoms with Crippen molar-refractivity contribution >= 4 is 32.8 Å². The Hall–Kier alpha value is -3.61. The number of anilines is 1. The summed E-state index contributed by atoms with van der Waals surface area (Å²) in [4.78, 5) is 28.9. The summed E-state index contributed by atoms with van der Waals surface area (Å²) in [5, 5.41) is 32.4. The summed E-state index contributed by atoms with van der Waals surface area (Å²) in [6.45, 7) is 0. The van der Waals surface area contributed by atoms with Crippen molar-refractivity contribution in [2.24, 2.45) is 0 Å². The first-order chi connectivity index (χ1) is 11.6. The fourth-order valence-corrected chi connectivity index (χ4v) is 3.09. The lowest BCUT2D eigenvalue weighted by Crippen LogP contribution is -2.15. The maximum atomic E-state index is 12.3. The van der Waals surface area contributed by atoms with Crippen LogP contribution in [0, 0.1) is 30.3 Å². The minimum absolute atomic E-state index is 0.193. The van der Waals surface area contributed by atoms with E-state index in [4.69, 9.17) is 0 Å². The summed E-state index contributed by atoms with van der Waals surface area (Å²) >= 11 is 0. The molecule has 0 heterocycles. The van der Waals surface area contributed by atoms with Gasteiger partial charge in [0.15, 0.2) is 4.90 Å². The van der Waals surface area contributed by atoms with Gasteiger partial charge in [-0.05, 0) is 12.1 Å². The van der Waals surface area contributed by atoms with Crippen LogP contribution in [0.4, 0.5) is 22.7 Å². The molecule has 0 amide bonds. The Kier molecular flexibility index (Phi) is 4.60. The molecule has 0 aliphatic carbocycles. The number of nitro benzene ring substituents is 3. The zero-order valence-corrected chi connectivity index (χ0v) is 12.9. The molecule has 0 aliphatic heterocycles.